The third kappa shape index (κ3) is 6.80. The van der Waals surface area contributed by atoms with Crippen molar-refractivity contribution in [2.24, 2.45) is 0 Å². The lowest BCUT2D eigenvalue weighted by Gasteiger charge is -2.26. The Labute approximate surface area is 226 Å². The lowest BCUT2D eigenvalue weighted by Crippen LogP contribution is -2.32. The second-order valence-electron chi connectivity index (χ2n) is 9.59. The Morgan fingerprint density at radius 1 is 1.00 bits per heavy atom. The van der Waals surface area contributed by atoms with E-state index >= 15 is 0 Å². The molecular formula is C29H31F3N2O4S. The minimum absolute atomic E-state index is 0.0262. The summed E-state index contributed by atoms with van der Waals surface area (Å²) < 4.78 is 68.2. The highest BCUT2D eigenvalue weighted by atomic mass is 32.2. The van der Waals surface area contributed by atoms with Crippen LogP contribution in [0.2, 0.25) is 0 Å². The van der Waals surface area contributed by atoms with Crippen LogP contribution >= 0.6 is 0 Å². The summed E-state index contributed by atoms with van der Waals surface area (Å²) in [6.45, 7) is 2.93. The van der Waals surface area contributed by atoms with Gasteiger partial charge in [0.1, 0.15) is 0 Å². The zero-order valence-electron chi connectivity index (χ0n) is 21.7. The number of halogens is 3. The number of benzene rings is 3. The van der Waals surface area contributed by atoms with Crippen molar-refractivity contribution >= 4 is 21.4 Å². The van der Waals surface area contributed by atoms with Crippen LogP contribution < -0.4 is 10.2 Å². The van der Waals surface area contributed by atoms with Gasteiger partial charge in [-0.2, -0.15) is 13.2 Å². The van der Waals surface area contributed by atoms with Crippen LogP contribution in [0.25, 0.3) is 0 Å². The van der Waals surface area contributed by atoms with Crippen molar-refractivity contribution in [3.63, 3.8) is 0 Å². The number of nitrogens with one attached hydrogen (secondary N) is 1. The van der Waals surface area contributed by atoms with Crippen LogP contribution in [0.3, 0.4) is 0 Å². The molecule has 0 bridgehead atoms. The summed E-state index contributed by atoms with van der Waals surface area (Å²) in [6, 6.07) is 19.0. The van der Waals surface area contributed by atoms with Gasteiger partial charge in [-0.05, 0) is 66.1 Å². The van der Waals surface area contributed by atoms with E-state index in [2.05, 4.69) is 10.2 Å². The Morgan fingerprint density at radius 2 is 1.64 bits per heavy atom. The van der Waals surface area contributed by atoms with Crippen molar-refractivity contribution in [1.29, 1.82) is 0 Å². The summed E-state index contributed by atoms with van der Waals surface area (Å²) >= 11 is 0. The molecule has 208 valence electrons. The Hall–Kier alpha value is -3.37. The molecule has 0 aliphatic carbocycles. The molecule has 39 heavy (non-hydrogen) atoms. The van der Waals surface area contributed by atoms with Crippen molar-refractivity contribution in [3.8, 4) is 0 Å². The maximum atomic E-state index is 13.0. The second-order valence-corrected chi connectivity index (χ2v) is 11.9. The van der Waals surface area contributed by atoms with Gasteiger partial charge in [0, 0.05) is 37.4 Å². The predicted molar refractivity (Wildman–Crippen MR) is 144 cm³/mol. The zero-order chi connectivity index (χ0) is 28.2. The number of hydrogen-bond donors (Lipinski definition) is 1. The first kappa shape index (κ1) is 28.6. The highest BCUT2D eigenvalue weighted by Crippen LogP contribution is 2.37. The van der Waals surface area contributed by atoms with Gasteiger partial charge in [0.2, 0.25) is 0 Å². The summed E-state index contributed by atoms with van der Waals surface area (Å²) in [5, 5.41) is 2.85. The van der Waals surface area contributed by atoms with E-state index < -0.39 is 21.6 Å². The lowest BCUT2D eigenvalue weighted by atomic mass is 9.95. The Morgan fingerprint density at radius 3 is 2.21 bits per heavy atom. The fourth-order valence-corrected chi connectivity index (χ4v) is 5.72. The van der Waals surface area contributed by atoms with E-state index in [4.69, 9.17) is 4.74 Å². The average Bonchev–Trinajstić information content (AvgIpc) is 3.35. The largest absolute Gasteiger partial charge is 0.416 e. The van der Waals surface area contributed by atoms with Gasteiger partial charge in [0.05, 0.1) is 28.9 Å². The van der Waals surface area contributed by atoms with E-state index in [1.807, 2.05) is 12.1 Å². The normalized spacial score (nSPS) is 17.8. The molecule has 6 nitrogen and oxygen atoms in total. The maximum Gasteiger partial charge on any atom is 0.416 e. The number of alkyl halides is 3. The topological polar surface area (TPSA) is 75.7 Å². The third-order valence-corrected chi connectivity index (χ3v) is 8.81. The van der Waals surface area contributed by atoms with E-state index in [1.54, 1.807) is 62.6 Å². The first-order valence-corrected chi connectivity index (χ1v) is 14.3. The molecule has 0 spiro atoms. The number of carbonyl (C=O) groups excluding carboxylic acids is 1. The number of rotatable bonds is 9. The van der Waals surface area contributed by atoms with Gasteiger partial charge in [-0.25, -0.2) is 8.42 Å². The number of hydrogen-bond acceptors (Lipinski definition) is 5. The molecule has 1 aliphatic heterocycles. The number of sulfone groups is 1. The number of nitrogens with zero attached hydrogens (tertiary/aromatic N) is 1. The van der Waals surface area contributed by atoms with Crippen LogP contribution in [0.15, 0.2) is 77.7 Å². The Balaban J connectivity index is 1.40. The highest BCUT2D eigenvalue weighted by Gasteiger charge is 2.34. The third-order valence-electron chi connectivity index (χ3n) is 7.06. The SMILES string of the molecule is CCS(=O)(=O)c1ccc(CNC(=O)c2ccc(N3CC(c4ccc(C(F)(F)F)cc4)C[C@@H]3COC)cc2)cc1. The number of carbonyl (C=O) groups is 1. The molecule has 2 atom stereocenters. The number of methoxy groups -OCH3 is 1. The summed E-state index contributed by atoms with van der Waals surface area (Å²) in [4.78, 5) is 15.1. The van der Waals surface area contributed by atoms with Crippen molar-refractivity contribution < 1.29 is 31.1 Å². The minimum atomic E-state index is -4.37. The van der Waals surface area contributed by atoms with Crippen LogP contribution in [-0.4, -0.2) is 46.4 Å². The Bertz CT molecular complexity index is 1370. The standard InChI is InChI=1S/C29H31F3N2O4S/c1-3-39(36,37)27-14-4-20(5-15-27)17-33-28(35)22-8-12-25(13-9-22)34-18-23(16-26(34)19-38-2)21-6-10-24(11-7-21)29(30,31)32/h4-15,23,26H,3,16-19H2,1-2H3,(H,33,35)/t23?,26-/m1/s1. The van der Waals surface area contributed by atoms with E-state index in [1.165, 1.54) is 0 Å². The van der Waals surface area contributed by atoms with E-state index in [0.29, 0.717) is 18.7 Å². The van der Waals surface area contributed by atoms with Gasteiger partial charge in [-0.1, -0.05) is 31.2 Å². The molecule has 0 aromatic heterocycles. The highest BCUT2D eigenvalue weighted by molar-refractivity contribution is 7.91. The van der Waals surface area contributed by atoms with Crippen molar-refractivity contribution in [2.75, 3.05) is 30.9 Å². The van der Waals surface area contributed by atoms with Gasteiger partial charge >= 0.3 is 6.18 Å². The summed E-state index contributed by atoms with van der Waals surface area (Å²) in [6.07, 6.45) is -3.63. The predicted octanol–water partition coefficient (Wildman–Crippen LogP) is 5.44. The molecular weight excluding hydrogens is 529 g/mol. The van der Waals surface area contributed by atoms with Crippen molar-refractivity contribution in [3.05, 3.63) is 95.1 Å². The molecule has 1 aliphatic rings. The fraction of sp³-hybridized carbons (Fsp3) is 0.345. The number of amides is 1. The lowest BCUT2D eigenvalue weighted by molar-refractivity contribution is -0.137. The Kier molecular flexibility index (Phi) is 8.66. The molecule has 1 fully saturated rings. The molecule has 1 heterocycles. The van der Waals surface area contributed by atoms with E-state index in [0.717, 1.165) is 35.4 Å². The number of ether oxygens (including phenoxy) is 1. The first-order chi connectivity index (χ1) is 18.5. The van der Waals surface area contributed by atoms with E-state index in [9.17, 15) is 26.4 Å². The molecule has 0 saturated carbocycles. The summed E-state index contributed by atoms with van der Waals surface area (Å²) in [5.41, 5.74) is 2.35. The van der Waals surface area contributed by atoms with Crippen molar-refractivity contribution in [2.45, 2.75) is 42.9 Å². The molecule has 4 rings (SSSR count). The molecule has 1 unspecified atom stereocenters. The molecule has 10 heteroatoms. The fourth-order valence-electron chi connectivity index (χ4n) is 4.84. The van der Waals surface area contributed by atoms with Crippen molar-refractivity contribution in [1.82, 2.24) is 5.32 Å². The maximum absolute atomic E-state index is 13.0. The van der Waals surface area contributed by atoms with Crippen LogP contribution in [0.4, 0.5) is 18.9 Å². The molecule has 0 radical (unpaired) electrons. The summed E-state index contributed by atoms with van der Waals surface area (Å²) in [7, 11) is -1.66. The minimum Gasteiger partial charge on any atom is -0.383 e. The number of anilines is 1. The summed E-state index contributed by atoms with van der Waals surface area (Å²) in [5.74, 6) is -0.184. The van der Waals surface area contributed by atoms with Gasteiger partial charge in [-0.3, -0.25) is 4.79 Å². The molecule has 3 aromatic carbocycles. The van der Waals surface area contributed by atoms with Crippen LogP contribution in [-0.2, 0) is 27.3 Å². The first-order valence-electron chi connectivity index (χ1n) is 12.6. The smallest absolute Gasteiger partial charge is 0.383 e. The quantitative estimate of drug-likeness (QED) is 0.377. The monoisotopic (exact) mass is 560 g/mol. The second kappa shape index (κ2) is 11.8. The molecule has 1 saturated heterocycles. The van der Waals surface area contributed by atoms with Crippen LogP contribution in [0.1, 0.15) is 46.3 Å². The zero-order valence-corrected chi connectivity index (χ0v) is 22.6. The van der Waals surface area contributed by atoms with Gasteiger partial charge in [0.25, 0.3) is 5.91 Å². The van der Waals surface area contributed by atoms with Crippen LogP contribution in [0, 0.1) is 0 Å². The molecule has 1 N–H and O–H groups in total. The van der Waals surface area contributed by atoms with Gasteiger partial charge in [0.15, 0.2) is 9.84 Å². The average molecular weight is 561 g/mol. The van der Waals surface area contributed by atoms with E-state index in [-0.39, 0.29) is 35.1 Å². The molecule has 3 aromatic rings. The van der Waals surface area contributed by atoms with Gasteiger partial charge < -0.3 is 15.0 Å². The molecule has 1 amide bonds. The van der Waals surface area contributed by atoms with Gasteiger partial charge in [-0.15, -0.1) is 0 Å². The van der Waals surface area contributed by atoms with Crippen LogP contribution in [0.5, 0.6) is 0 Å².